The Balaban J connectivity index is 1.85. The Labute approximate surface area is 175 Å². The van der Waals surface area contributed by atoms with Crippen molar-refractivity contribution >= 4 is 17.7 Å². The molecular formula is C22H26N4O2S. The van der Waals surface area contributed by atoms with E-state index in [1.54, 1.807) is 7.11 Å². The van der Waals surface area contributed by atoms with Crippen LogP contribution >= 0.6 is 11.8 Å². The lowest BCUT2D eigenvalue weighted by Crippen LogP contribution is -2.33. The Kier molecular flexibility index (Phi) is 7.30. The van der Waals surface area contributed by atoms with E-state index in [0.29, 0.717) is 10.9 Å². The van der Waals surface area contributed by atoms with Gasteiger partial charge < -0.3 is 10.1 Å². The van der Waals surface area contributed by atoms with Gasteiger partial charge in [-0.05, 0) is 49.7 Å². The van der Waals surface area contributed by atoms with Gasteiger partial charge in [-0.3, -0.25) is 9.36 Å². The standard InChI is InChI=1S/C22H26N4O2S/c1-4-8-16(2)23-20(27)15-29-22-25-24-21(17-11-13-19(28-3)14-12-17)26(22)18-9-6-5-7-10-18/h5-7,9-14,16H,4,8,15H2,1-3H3,(H,23,27)/t16-/m0/s1. The molecule has 6 nitrogen and oxygen atoms in total. The smallest absolute Gasteiger partial charge is 0.230 e. The number of rotatable bonds is 9. The molecule has 1 aromatic heterocycles. The van der Waals surface area contributed by atoms with Gasteiger partial charge in [-0.1, -0.05) is 43.3 Å². The van der Waals surface area contributed by atoms with Crippen LogP contribution in [0.25, 0.3) is 17.1 Å². The Morgan fingerprint density at radius 1 is 1.14 bits per heavy atom. The van der Waals surface area contributed by atoms with Crippen molar-refractivity contribution < 1.29 is 9.53 Å². The molecule has 0 aliphatic rings. The summed E-state index contributed by atoms with van der Waals surface area (Å²) in [5, 5.41) is 12.5. The fraction of sp³-hybridized carbons (Fsp3) is 0.318. The third kappa shape index (κ3) is 5.38. The van der Waals surface area contributed by atoms with Gasteiger partial charge in [0.05, 0.1) is 12.9 Å². The van der Waals surface area contributed by atoms with Crippen molar-refractivity contribution in [2.45, 2.75) is 37.9 Å². The number of para-hydroxylation sites is 1. The Morgan fingerprint density at radius 3 is 2.52 bits per heavy atom. The van der Waals surface area contributed by atoms with Crippen molar-refractivity contribution in [3.8, 4) is 22.8 Å². The third-order valence-corrected chi connectivity index (χ3v) is 5.39. The number of amides is 1. The lowest BCUT2D eigenvalue weighted by atomic mass is 10.2. The molecule has 0 radical (unpaired) electrons. The van der Waals surface area contributed by atoms with E-state index >= 15 is 0 Å². The molecule has 152 valence electrons. The van der Waals surface area contributed by atoms with Crippen LogP contribution in [0.3, 0.4) is 0 Å². The molecule has 0 fully saturated rings. The molecule has 0 aliphatic carbocycles. The number of benzene rings is 2. The van der Waals surface area contributed by atoms with Crippen molar-refractivity contribution in [3.63, 3.8) is 0 Å². The number of thioether (sulfide) groups is 1. The number of hydrogen-bond acceptors (Lipinski definition) is 5. The van der Waals surface area contributed by atoms with Crippen LogP contribution in [0.4, 0.5) is 0 Å². The Morgan fingerprint density at radius 2 is 1.86 bits per heavy atom. The highest BCUT2D eigenvalue weighted by Gasteiger charge is 2.17. The average Bonchev–Trinajstić information content (AvgIpc) is 3.17. The molecule has 0 saturated heterocycles. The number of carbonyl (C=O) groups excluding carboxylic acids is 1. The summed E-state index contributed by atoms with van der Waals surface area (Å²) in [6.07, 6.45) is 2.01. The number of nitrogens with one attached hydrogen (secondary N) is 1. The van der Waals surface area contributed by atoms with E-state index in [1.807, 2.05) is 66.1 Å². The molecule has 1 N–H and O–H groups in total. The van der Waals surface area contributed by atoms with E-state index < -0.39 is 0 Å². The van der Waals surface area contributed by atoms with Gasteiger partial charge >= 0.3 is 0 Å². The Hall–Kier alpha value is -2.80. The summed E-state index contributed by atoms with van der Waals surface area (Å²) in [4.78, 5) is 12.3. The minimum Gasteiger partial charge on any atom is -0.497 e. The number of methoxy groups -OCH3 is 1. The van der Waals surface area contributed by atoms with Gasteiger partial charge in [0.2, 0.25) is 5.91 Å². The number of carbonyl (C=O) groups is 1. The summed E-state index contributed by atoms with van der Waals surface area (Å²) < 4.78 is 7.23. The maximum atomic E-state index is 12.3. The highest BCUT2D eigenvalue weighted by Crippen LogP contribution is 2.28. The van der Waals surface area contributed by atoms with Gasteiger partial charge in [-0.15, -0.1) is 10.2 Å². The molecular weight excluding hydrogens is 384 g/mol. The summed E-state index contributed by atoms with van der Waals surface area (Å²) in [5.74, 6) is 1.81. The van der Waals surface area contributed by atoms with Crippen LogP contribution in [0, 0.1) is 0 Å². The van der Waals surface area contributed by atoms with E-state index in [0.717, 1.165) is 35.7 Å². The van der Waals surface area contributed by atoms with E-state index in [1.165, 1.54) is 11.8 Å². The molecule has 0 bridgehead atoms. The summed E-state index contributed by atoms with van der Waals surface area (Å²) in [7, 11) is 1.64. The normalized spacial score (nSPS) is 11.8. The first-order valence-electron chi connectivity index (χ1n) is 9.69. The summed E-state index contributed by atoms with van der Waals surface area (Å²) in [6, 6.07) is 17.8. The second kappa shape index (κ2) is 10.1. The van der Waals surface area contributed by atoms with Crippen molar-refractivity contribution in [1.82, 2.24) is 20.1 Å². The van der Waals surface area contributed by atoms with Gasteiger partial charge in [-0.2, -0.15) is 0 Å². The highest BCUT2D eigenvalue weighted by atomic mass is 32.2. The molecule has 1 heterocycles. The molecule has 3 rings (SSSR count). The molecule has 29 heavy (non-hydrogen) atoms. The molecule has 1 atom stereocenters. The predicted octanol–water partition coefficient (Wildman–Crippen LogP) is 4.34. The largest absolute Gasteiger partial charge is 0.497 e. The van der Waals surface area contributed by atoms with Crippen LogP contribution in [0.15, 0.2) is 59.8 Å². The van der Waals surface area contributed by atoms with Crippen LogP contribution in [-0.4, -0.2) is 39.6 Å². The molecule has 0 aliphatic heterocycles. The van der Waals surface area contributed by atoms with Gasteiger partial charge in [0.15, 0.2) is 11.0 Å². The molecule has 0 saturated carbocycles. The third-order valence-electron chi connectivity index (χ3n) is 4.46. The number of nitrogens with zero attached hydrogens (tertiary/aromatic N) is 3. The van der Waals surface area contributed by atoms with Crippen molar-refractivity contribution in [2.24, 2.45) is 0 Å². The summed E-state index contributed by atoms with van der Waals surface area (Å²) in [6.45, 7) is 4.14. The summed E-state index contributed by atoms with van der Waals surface area (Å²) in [5.41, 5.74) is 1.88. The molecule has 0 unspecified atom stereocenters. The maximum absolute atomic E-state index is 12.3. The second-order valence-corrected chi connectivity index (χ2v) is 7.69. The van der Waals surface area contributed by atoms with Crippen LogP contribution < -0.4 is 10.1 Å². The first kappa shape index (κ1) is 20.9. The predicted molar refractivity (Wildman–Crippen MR) is 117 cm³/mol. The zero-order valence-corrected chi connectivity index (χ0v) is 17.8. The van der Waals surface area contributed by atoms with Crippen molar-refractivity contribution in [3.05, 3.63) is 54.6 Å². The zero-order chi connectivity index (χ0) is 20.6. The molecule has 3 aromatic rings. The summed E-state index contributed by atoms with van der Waals surface area (Å²) >= 11 is 1.39. The quantitative estimate of drug-likeness (QED) is 0.532. The van der Waals surface area contributed by atoms with E-state index in [9.17, 15) is 4.79 Å². The van der Waals surface area contributed by atoms with E-state index in [4.69, 9.17) is 4.74 Å². The highest BCUT2D eigenvalue weighted by molar-refractivity contribution is 7.99. The number of aromatic nitrogens is 3. The lowest BCUT2D eigenvalue weighted by molar-refractivity contribution is -0.119. The van der Waals surface area contributed by atoms with Crippen LogP contribution in [-0.2, 0) is 4.79 Å². The van der Waals surface area contributed by atoms with Crippen LogP contribution in [0.1, 0.15) is 26.7 Å². The molecule has 2 aromatic carbocycles. The van der Waals surface area contributed by atoms with Crippen molar-refractivity contribution in [2.75, 3.05) is 12.9 Å². The first-order valence-corrected chi connectivity index (χ1v) is 10.7. The molecule has 1 amide bonds. The fourth-order valence-electron chi connectivity index (χ4n) is 3.05. The Bertz CT molecular complexity index is 926. The maximum Gasteiger partial charge on any atom is 0.230 e. The van der Waals surface area contributed by atoms with Gasteiger partial charge in [0.25, 0.3) is 0 Å². The average molecular weight is 411 g/mol. The van der Waals surface area contributed by atoms with E-state index in [2.05, 4.69) is 22.4 Å². The van der Waals surface area contributed by atoms with Gasteiger partial charge in [-0.25, -0.2) is 0 Å². The molecule has 7 heteroatoms. The van der Waals surface area contributed by atoms with Crippen LogP contribution in [0.2, 0.25) is 0 Å². The number of ether oxygens (including phenoxy) is 1. The van der Waals surface area contributed by atoms with Gasteiger partial charge in [0.1, 0.15) is 5.75 Å². The lowest BCUT2D eigenvalue weighted by Gasteiger charge is -2.13. The topological polar surface area (TPSA) is 69.0 Å². The number of hydrogen-bond donors (Lipinski definition) is 1. The molecule has 0 spiro atoms. The second-order valence-electron chi connectivity index (χ2n) is 6.75. The zero-order valence-electron chi connectivity index (χ0n) is 17.0. The monoisotopic (exact) mass is 410 g/mol. The minimum absolute atomic E-state index is 0.00422. The van der Waals surface area contributed by atoms with Crippen LogP contribution in [0.5, 0.6) is 5.75 Å². The SMILES string of the molecule is CCC[C@H](C)NC(=O)CSc1nnc(-c2ccc(OC)cc2)n1-c1ccccc1. The minimum atomic E-state index is 0.00422. The van der Waals surface area contributed by atoms with E-state index in [-0.39, 0.29) is 11.9 Å². The van der Waals surface area contributed by atoms with Gasteiger partial charge in [0, 0.05) is 17.3 Å². The first-order chi connectivity index (χ1) is 14.1. The van der Waals surface area contributed by atoms with Crippen molar-refractivity contribution in [1.29, 1.82) is 0 Å². The fourth-order valence-corrected chi connectivity index (χ4v) is 3.82.